The van der Waals surface area contributed by atoms with Crippen molar-refractivity contribution in [1.29, 1.82) is 0 Å². The zero-order valence-corrected chi connectivity index (χ0v) is 9.94. The Labute approximate surface area is 95.9 Å². The van der Waals surface area contributed by atoms with Gasteiger partial charge in [-0.3, -0.25) is 4.79 Å². The number of aliphatic hydroxyl groups excluding tert-OH is 1. The molecule has 1 heterocycles. The maximum absolute atomic E-state index is 11.8. The van der Waals surface area contributed by atoms with Crippen molar-refractivity contribution in [3.63, 3.8) is 0 Å². The topological polar surface area (TPSA) is 55.8 Å². The second-order valence-corrected chi connectivity index (χ2v) is 5.12. The molecule has 0 bridgehead atoms. The van der Waals surface area contributed by atoms with Crippen molar-refractivity contribution < 1.29 is 19.4 Å². The molecule has 0 radical (unpaired) electrons. The van der Waals surface area contributed by atoms with E-state index in [4.69, 9.17) is 9.47 Å². The first-order valence-corrected chi connectivity index (χ1v) is 6.03. The predicted molar refractivity (Wildman–Crippen MR) is 57.8 cm³/mol. The molecule has 4 nitrogen and oxygen atoms in total. The monoisotopic (exact) mass is 228 g/mol. The predicted octanol–water partition coefficient (Wildman–Crippen LogP) is 1.12. The van der Waals surface area contributed by atoms with Crippen LogP contribution in [-0.2, 0) is 14.3 Å². The number of ketones is 1. The van der Waals surface area contributed by atoms with Crippen molar-refractivity contribution >= 4 is 5.78 Å². The average molecular weight is 228 g/mol. The summed E-state index contributed by atoms with van der Waals surface area (Å²) < 4.78 is 11.2. The Morgan fingerprint density at radius 2 is 2.00 bits per heavy atom. The van der Waals surface area contributed by atoms with E-state index in [1.165, 1.54) is 0 Å². The fraction of sp³-hybridized carbons (Fsp3) is 0.917. The van der Waals surface area contributed by atoms with Crippen LogP contribution in [0.2, 0.25) is 0 Å². The third-order valence-electron chi connectivity index (χ3n) is 3.61. The van der Waals surface area contributed by atoms with E-state index in [0.29, 0.717) is 32.5 Å². The Bertz CT molecular complexity index is 268. The smallest absolute Gasteiger partial charge is 0.169 e. The van der Waals surface area contributed by atoms with Gasteiger partial charge in [0.15, 0.2) is 5.79 Å². The summed E-state index contributed by atoms with van der Waals surface area (Å²) in [5.74, 6) is -0.683. The molecule has 1 aliphatic carbocycles. The summed E-state index contributed by atoms with van der Waals surface area (Å²) in [6.45, 7) is 5.04. The van der Waals surface area contributed by atoms with Crippen LogP contribution in [0, 0.1) is 11.8 Å². The van der Waals surface area contributed by atoms with Crippen LogP contribution in [0.15, 0.2) is 0 Å². The van der Waals surface area contributed by atoms with Gasteiger partial charge in [-0.15, -0.1) is 0 Å². The van der Waals surface area contributed by atoms with Crippen LogP contribution in [0.3, 0.4) is 0 Å². The summed E-state index contributed by atoms with van der Waals surface area (Å²) in [4.78, 5) is 11.8. The molecular weight excluding hydrogens is 208 g/mol. The lowest BCUT2D eigenvalue weighted by atomic mass is 9.77. The summed E-state index contributed by atoms with van der Waals surface area (Å²) in [6, 6.07) is 0. The van der Waals surface area contributed by atoms with Gasteiger partial charge >= 0.3 is 0 Å². The van der Waals surface area contributed by atoms with E-state index in [9.17, 15) is 9.90 Å². The Morgan fingerprint density at radius 3 is 2.56 bits per heavy atom. The normalized spacial score (nSPS) is 31.2. The van der Waals surface area contributed by atoms with Crippen LogP contribution in [0.25, 0.3) is 0 Å². The molecule has 1 aliphatic heterocycles. The van der Waals surface area contributed by atoms with Crippen molar-refractivity contribution in [1.82, 2.24) is 0 Å². The molecule has 0 aromatic carbocycles. The minimum absolute atomic E-state index is 0.0884. The molecule has 0 aromatic heterocycles. The Balaban J connectivity index is 2.08. The summed E-state index contributed by atoms with van der Waals surface area (Å²) >= 11 is 0. The number of Topliss-reactive ketones (excluding diaryl/α,β-unsaturated/α-hetero) is 1. The Kier molecular flexibility index (Phi) is 3.33. The maximum atomic E-state index is 11.8. The summed E-state index contributed by atoms with van der Waals surface area (Å²) in [7, 11) is 0. The molecule has 0 amide bonds. The van der Waals surface area contributed by atoms with Crippen molar-refractivity contribution in [2.75, 3.05) is 13.2 Å². The fourth-order valence-corrected chi connectivity index (χ4v) is 2.59. The number of hydrogen-bond acceptors (Lipinski definition) is 4. The van der Waals surface area contributed by atoms with Crippen LogP contribution < -0.4 is 0 Å². The van der Waals surface area contributed by atoms with Crippen LogP contribution >= 0.6 is 0 Å². The number of carbonyl (C=O) groups is 1. The van der Waals surface area contributed by atoms with Gasteiger partial charge < -0.3 is 14.6 Å². The number of aliphatic hydroxyl groups is 1. The van der Waals surface area contributed by atoms with Gasteiger partial charge in [0.2, 0.25) is 0 Å². The number of carbonyl (C=O) groups excluding carboxylic acids is 1. The van der Waals surface area contributed by atoms with E-state index < -0.39 is 11.9 Å². The highest BCUT2D eigenvalue weighted by Gasteiger charge is 2.47. The number of hydrogen-bond donors (Lipinski definition) is 1. The second kappa shape index (κ2) is 4.43. The maximum Gasteiger partial charge on any atom is 0.169 e. The van der Waals surface area contributed by atoms with Gasteiger partial charge in [-0.25, -0.2) is 0 Å². The molecule has 92 valence electrons. The number of ether oxygens (including phenoxy) is 2. The highest BCUT2D eigenvalue weighted by atomic mass is 16.7. The molecule has 1 saturated carbocycles. The molecule has 1 spiro atoms. The molecule has 1 N–H and O–H groups in total. The minimum atomic E-state index is -0.589. The lowest BCUT2D eigenvalue weighted by molar-refractivity contribution is -0.197. The molecule has 1 saturated heterocycles. The summed E-state index contributed by atoms with van der Waals surface area (Å²) in [5.41, 5.74) is 0. The van der Waals surface area contributed by atoms with Crippen LogP contribution in [0.4, 0.5) is 0 Å². The lowest BCUT2D eigenvalue weighted by Crippen LogP contribution is -2.46. The summed E-state index contributed by atoms with van der Waals surface area (Å²) in [6.07, 6.45) is 1.00. The zero-order valence-electron chi connectivity index (χ0n) is 9.94. The molecule has 0 unspecified atom stereocenters. The van der Waals surface area contributed by atoms with Gasteiger partial charge in [0.1, 0.15) is 5.78 Å². The fourth-order valence-electron chi connectivity index (χ4n) is 2.59. The number of rotatable bonds is 2. The molecule has 2 aliphatic rings. The van der Waals surface area contributed by atoms with Gasteiger partial charge in [0, 0.05) is 25.2 Å². The molecule has 2 rings (SSSR count). The van der Waals surface area contributed by atoms with Crippen LogP contribution in [0.1, 0.15) is 33.1 Å². The van der Waals surface area contributed by atoms with Crippen molar-refractivity contribution in [2.24, 2.45) is 11.8 Å². The molecular formula is C12H20O4. The minimum Gasteiger partial charge on any atom is -0.392 e. The molecule has 16 heavy (non-hydrogen) atoms. The molecule has 2 fully saturated rings. The Hall–Kier alpha value is -0.450. The summed E-state index contributed by atoms with van der Waals surface area (Å²) in [5, 5.41) is 10.0. The van der Waals surface area contributed by atoms with Gasteiger partial charge in [0.25, 0.3) is 0 Å². The van der Waals surface area contributed by atoms with Gasteiger partial charge in [0.05, 0.1) is 19.3 Å². The standard InChI is InChI=1S/C12H20O4/c1-8(2)11(14)9-7-12(4-3-10(9)13)15-5-6-16-12/h8-9,11,14H,3-7H2,1-2H3/t9-,11+/m1/s1. The molecule has 0 aromatic rings. The van der Waals surface area contributed by atoms with Crippen molar-refractivity contribution in [2.45, 2.75) is 45.0 Å². The second-order valence-electron chi connectivity index (χ2n) is 5.12. The van der Waals surface area contributed by atoms with E-state index in [-0.39, 0.29) is 17.6 Å². The van der Waals surface area contributed by atoms with Crippen LogP contribution in [-0.4, -0.2) is 36.0 Å². The lowest BCUT2D eigenvalue weighted by Gasteiger charge is -2.38. The Morgan fingerprint density at radius 1 is 1.38 bits per heavy atom. The molecule has 4 heteroatoms. The van der Waals surface area contributed by atoms with E-state index in [0.717, 1.165) is 0 Å². The van der Waals surface area contributed by atoms with Crippen molar-refractivity contribution in [3.8, 4) is 0 Å². The van der Waals surface area contributed by atoms with E-state index >= 15 is 0 Å². The van der Waals surface area contributed by atoms with Crippen LogP contribution in [0.5, 0.6) is 0 Å². The SMILES string of the molecule is CC(C)[C@H](O)[C@@H]1CC2(CCC1=O)OCCO2. The third-order valence-corrected chi connectivity index (χ3v) is 3.61. The highest BCUT2D eigenvalue weighted by molar-refractivity contribution is 5.82. The zero-order chi connectivity index (χ0) is 11.8. The van der Waals surface area contributed by atoms with E-state index in [1.807, 2.05) is 13.8 Å². The van der Waals surface area contributed by atoms with Gasteiger partial charge in [-0.2, -0.15) is 0 Å². The first-order valence-electron chi connectivity index (χ1n) is 6.03. The highest BCUT2D eigenvalue weighted by Crippen LogP contribution is 2.39. The van der Waals surface area contributed by atoms with E-state index in [1.54, 1.807) is 0 Å². The average Bonchev–Trinajstić information content (AvgIpc) is 2.70. The first-order chi connectivity index (χ1) is 7.54. The molecule has 2 atom stereocenters. The largest absolute Gasteiger partial charge is 0.392 e. The van der Waals surface area contributed by atoms with Gasteiger partial charge in [-0.1, -0.05) is 13.8 Å². The third kappa shape index (κ3) is 2.14. The van der Waals surface area contributed by atoms with Crippen molar-refractivity contribution in [3.05, 3.63) is 0 Å². The quantitative estimate of drug-likeness (QED) is 0.769. The van der Waals surface area contributed by atoms with Gasteiger partial charge in [-0.05, 0) is 5.92 Å². The first kappa shape index (κ1) is 12.0. The van der Waals surface area contributed by atoms with E-state index in [2.05, 4.69) is 0 Å².